The lowest BCUT2D eigenvalue weighted by molar-refractivity contribution is -0.128. The molecule has 70 valence electrons. The van der Waals surface area contributed by atoms with Crippen LogP contribution in [0.1, 0.15) is 12.8 Å². The van der Waals surface area contributed by atoms with E-state index in [4.69, 9.17) is 5.73 Å². The summed E-state index contributed by atoms with van der Waals surface area (Å²) in [7, 11) is 0. The largest absolute Gasteiger partial charge is 0.350 e. The zero-order chi connectivity index (χ0) is 9.14. The van der Waals surface area contributed by atoms with Crippen LogP contribution in [-0.2, 0) is 4.79 Å². The van der Waals surface area contributed by atoms with Crippen LogP contribution in [0, 0.1) is 5.92 Å². The molecule has 1 rings (SSSR count). The summed E-state index contributed by atoms with van der Waals surface area (Å²) in [4.78, 5) is 11.0. The van der Waals surface area contributed by atoms with Crippen LogP contribution in [0.25, 0.3) is 0 Å². The summed E-state index contributed by atoms with van der Waals surface area (Å²) in [6, 6.07) is 0.0762. The lowest BCUT2D eigenvalue weighted by atomic mass is 9.80. The van der Waals surface area contributed by atoms with Crippen LogP contribution in [-0.4, -0.2) is 24.9 Å². The number of rotatable bonds is 3. The van der Waals surface area contributed by atoms with E-state index in [9.17, 15) is 13.6 Å². The van der Waals surface area contributed by atoms with Crippen LogP contribution < -0.4 is 11.1 Å². The topological polar surface area (TPSA) is 55.1 Å². The first-order chi connectivity index (χ1) is 5.59. The Kier molecular flexibility index (Phi) is 2.97. The van der Waals surface area contributed by atoms with E-state index in [0.29, 0.717) is 12.8 Å². The molecule has 1 aliphatic carbocycles. The standard InChI is InChI=1S/C7H12F2N2O/c8-6(9)3-11-7(12)4-1-5(10)2-4/h4-6H,1-3,10H2,(H,11,12). The van der Waals surface area contributed by atoms with Gasteiger partial charge < -0.3 is 11.1 Å². The molecule has 0 saturated heterocycles. The summed E-state index contributed by atoms with van der Waals surface area (Å²) >= 11 is 0. The van der Waals surface area contributed by atoms with E-state index in [1.165, 1.54) is 0 Å². The van der Waals surface area contributed by atoms with Crippen molar-refractivity contribution in [3.05, 3.63) is 0 Å². The first-order valence-corrected chi connectivity index (χ1v) is 3.91. The Morgan fingerprint density at radius 3 is 2.58 bits per heavy atom. The van der Waals surface area contributed by atoms with Crippen molar-refractivity contribution in [2.45, 2.75) is 25.3 Å². The van der Waals surface area contributed by atoms with E-state index < -0.39 is 13.0 Å². The van der Waals surface area contributed by atoms with Gasteiger partial charge in [0.1, 0.15) is 0 Å². The molecule has 0 atom stereocenters. The molecule has 0 radical (unpaired) electrons. The van der Waals surface area contributed by atoms with Crippen molar-refractivity contribution in [2.24, 2.45) is 11.7 Å². The minimum atomic E-state index is -2.47. The molecule has 0 aliphatic heterocycles. The second-order valence-electron chi connectivity index (χ2n) is 3.06. The van der Waals surface area contributed by atoms with Gasteiger partial charge in [0.15, 0.2) is 0 Å². The highest BCUT2D eigenvalue weighted by molar-refractivity contribution is 5.79. The minimum absolute atomic E-state index is 0.0762. The van der Waals surface area contributed by atoms with Crippen molar-refractivity contribution < 1.29 is 13.6 Å². The van der Waals surface area contributed by atoms with Gasteiger partial charge in [-0.15, -0.1) is 0 Å². The molecular weight excluding hydrogens is 166 g/mol. The molecule has 0 aromatic heterocycles. The van der Waals surface area contributed by atoms with Gasteiger partial charge in [-0.2, -0.15) is 0 Å². The van der Waals surface area contributed by atoms with Gasteiger partial charge in [0.05, 0.1) is 6.54 Å². The van der Waals surface area contributed by atoms with Crippen LogP contribution >= 0.6 is 0 Å². The van der Waals surface area contributed by atoms with Crippen LogP contribution in [0.2, 0.25) is 0 Å². The first kappa shape index (κ1) is 9.38. The molecule has 5 heteroatoms. The number of nitrogens with one attached hydrogen (secondary N) is 1. The maximum absolute atomic E-state index is 11.6. The summed E-state index contributed by atoms with van der Waals surface area (Å²) < 4.78 is 23.2. The quantitative estimate of drug-likeness (QED) is 0.644. The predicted octanol–water partition coefficient (Wildman–Crippen LogP) is 0.105. The first-order valence-electron chi connectivity index (χ1n) is 3.91. The van der Waals surface area contributed by atoms with Gasteiger partial charge in [0.2, 0.25) is 5.91 Å². The van der Waals surface area contributed by atoms with Crippen LogP contribution in [0.3, 0.4) is 0 Å². The Hall–Kier alpha value is -0.710. The Bertz CT molecular complexity index is 169. The van der Waals surface area contributed by atoms with Crippen molar-refractivity contribution in [3.63, 3.8) is 0 Å². The summed E-state index contributed by atoms with van der Waals surface area (Å²) in [5.41, 5.74) is 5.43. The van der Waals surface area contributed by atoms with Gasteiger partial charge in [0, 0.05) is 12.0 Å². The average Bonchev–Trinajstić information content (AvgIpc) is 1.94. The molecule has 1 aliphatic rings. The molecular formula is C7H12F2N2O. The van der Waals surface area contributed by atoms with Crippen LogP contribution in [0.5, 0.6) is 0 Å². The second kappa shape index (κ2) is 3.80. The fraction of sp³-hybridized carbons (Fsp3) is 0.857. The summed E-state index contributed by atoms with van der Waals surface area (Å²) in [5.74, 6) is -0.434. The van der Waals surface area contributed by atoms with Crippen molar-refractivity contribution in [2.75, 3.05) is 6.54 Å². The lowest BCUT2D eigenvalue weighted by Gasteiger charge is -2.30. The van der Waals surface area contributed by atoms with Gasteiger partial charge in [-0.1, -0.05) is 0 Å². The third kappa shape index (κ3) is 2.41. The number of halogens is 2. The van der Waals surface area contributed by atoms with Crippen molar-refractivity contribution in [1.29, 1.82) is 0 Å². The van der Waals surface area contributed by atoms with Crippen LogP contribution in [0.15, 0.2) is 0 Å². The zero-order valence-electron chi connectivity index (χ0n) is 6.59. The normalized spacial score (nSPS) is 28.3. The molecule has 0 aromatic rings. The number of carbonyl (C=O) groups is 1. The van der Waals surface area contributed by atoms with Crippen molar-refractivity contribution >= 4 is 5.91 Å². The number of hydrogen-bond donors (Lipinski definition) is 2. The maximum atomic E-state index is 11.6. The number of carbonyl (C=O) groups excluding carboxylic acids is 1. The third-order valence-corrected chi connectivity index (χ3v) is 1.98. The Morgan fingerprint density at radius 1 is 1.58 bits per heavy atom. The number of nitrogens with two attached hydrogens (primary N) is 1. The Morgan fingerprint density at radius 2 is 2.17 bits per heavy atom. The van der Waals surface area contributed by atoms with E-state index >= 15 is 0 Å². The molecule has 1 amide bonds. The Labute approximate surface area is 69.3 Å². The van der Waals surface area contributed by atoms with Gasteiger partial charge >= 0.3 is 0 Å². The maximum Gasteiger partial charge on any atom is 0.255 e. The molecule has 12 heavy (non-hydrogen) atoms. The molecule has 0 spiro atoms. The summed E-state index contributed by atoms with van der Waals surface area (Å²) in [6.45, 7) is -0.551. The molecule has 1 saturated carbocycles. The number of alkyl halides is 2. The van der Waals surface area contributed by atoms with E-state index in [1.807, 2.05) is 0 Å². The lowest BCUT2D eigenvalue weighted by Crippen LogP contribution is -2.45. The molecule has 3 N–H and O–H groups in total. The van der Waals surface area contributed by atoms with Gasteiger partial charge in [-0.25, -0.2) is 8.78 Å². The van der Waals surface area contributed by atoms with Crippen LogP contribution in [0.4, 0.5) is 8.78 Å². The number of hydrogen-bond acceptors (Lipinski definition) is 2. The van der Waals surface area contributed by atoms with Crippen molar-refractivity contribution in [1.82, 2.24) is 5.32 Å². The van der Waals surface area contributed by atoms with Crippen molar-refractivity contribution in [3.8, 4) is 0 Å². The molecule has 3 nitrogen and oxygen atoms in total. The highest BCUT2D eigenvalue weighted by Crippen LogP contribution is 2.25. The van der Waals surface area contributed by atoms with Gasteiger partial charge in [0.25, 0.3) is 6.43 Å². The monoisotopic (exact) mass is 178 g/mol. The molecule has 0 unspecified atom stereocenters. The SMILES string of the molecule is NC1CC(C(=O)NCC(F)F)C1. The summed E-state index contributed by atoms with van der Waals surface area (Å²) in [5, 5.41) is 2.16. The fourth-order valence-electron chi connectivity index (χ4n) is 1.20. The molecule has 1 fully saturated rings. The minimum Gasteiger partial charge on any atom is -0.350 e. The summed E-state index contributed by atoms with van der Waals surface area (Å²) in [6.07, 6.45) is -1.23. The molecule has 0 heterocycles. The molecule has 0 aromatic carbocycles. The smallest absolute Gasteiger partial charge is 0.255 e. The third-order valence-electron chi connectivity index (χ3n) is 1.98. The predicted molar refractivity (Wildman–Crippen MR) is 39.7 cm³/mol. The van der Waals surface area contributed by atoms with E-state index in [-0.39, 0.29) is 17.9 Å². The van der Waals surface area contributed by atoms with Gasteiger partial charge in [-0.3, -0.25) is 4.79 Å². The van der Waals surface area contributed by atoms with E-state index in [1.54, 1.807) is 0 Å². The van der Waals surface area contributed by atoms with E-state index in [0.717, 1.165) is 0 Å². The highest BCUT2D eigenvalue weighted by Gasteiger charge is 2.31. The molecule has 0 bridgehead atoms. The second-order valence-corrected chi connectivity index (χ2v) is 3.06. The van der Waals surface area contributed by atoms with E-state index in [2.05, 4.69) is 5.32 Å². The average molecular weight is 178 g/mol. The zero-order valence-corrected chi connectivity index (χ0v) is 6.59. The number of amides is 1. The fourth-order valence-corrected chi connectivity index (χ4v) is 1.20. The van der Waals surface area contributed by atoms with Gasteiger partial charge in [-0.05, 0) is 12.8 Å². The highest BCUT2D eigenvalue weighted by atomic mass is 19.3. The Balaban J connectivity index is 2.13.